The molecule has 6 nitrogen and oxygen atoms in total. The summed E-state index contributed by atoms with van der Waals surface area (Å²) in [6.45, 7) is 9.31. The second-order valence-corrected chi connectivity index (χ2v) is 7.17. The standard InChI is InChI=1S/C15H26N4O2S/c1-11(2)19-7-5-6-13(9-19)8-18(4)14(20)10-22-15-17-16-12(3)21-15/h11,13H,5-10H2,1-4H3. The van der Waals surface area contributed by atoms with Crippen LogP contribution in [0.3, 0.4) is 0 Å². The lowest BCUT2D eigenvalue weighted by molar-refractivity contribution is -0.127. The van der Waals surface area contributed by atoms with Gasteiger partial charge in [0.15, 0.2) is 0 Å². The summed E-state index contributed by atoms with van der Waals surface area (Å²) < 4.78 is 5.27. The highest BCUT2D eigenvalue weighted by Gasteiger charge is 2.24. The Balaban J connectivity index is 1.76. The van der Waals surface area contributed by atoms with Crippen LogP contribution in [-0.2, 0) is 4.79 Å². The van der Waals surface area contributed by atoms with Gasteiger partial charge in [0.2, 0.25) is 11.8 Å². The van der Waals surface area contributed by atoms with Gasteiger partial charge in [-0.15, -0.1) is 10.2 Å². The molecule has 0 N–H and O–H groups in total. The Morgan fingerprint density at radius 1 is 1.50 bits per heavy atom. The summed E-state index contributed by atoms with van der Waals surface area (Å²) in [6, 6.07) is 0.583. The Kier molecular flexibility index (Phi) is 6.26. The van der Waals surface area contributed by atoms with E-state index in [0.717, 1.165) is 13.1 Å². The number of hydrogen-bond acceptors (Lipinski definition) is 6. The average Bonchev–Trinajstić information content (AvgIpc) is 2.90. The minimum Gasteiger partial charge on any atom is -0.416 e. The molecule has 1 aromatic heterocycles. The van der Waals surface area contributed by atoms with Crippen molar-refractivity contribution >= 4 is 17.7 Å². The van der Waals surface area contributed by atoms with Gasteiger partial charge in [-0.05, 0) is 39.2 Å². The van der Waals surface area contributed by atoms with Crippen LogP contribution >= 0.6 is 11.8 Å². The highest BCUT2D eigenvalue weighted by Crippen LogP contribution is 2.20. The molecule has 1 aliphatic heterocycles. The highest BCUT2D eigenvalue weighted by atomic mass is 32.2. The number of nitrogens with zero attached hydrogens (tertiary/aromatic N) is 4. The van der Waals surface area contributed by atoms with Crippen molar-refractivity contribution in [2.45, 2.75) is 44.9 Å². The van der Waals surface area contributed by atoms with Crippen molar-refractivity contribution in [3.63, 3.8) is 0 Å². The fraction of sp³-hybridized carbons (Fsp3) is 0.800. The summed E-state index contributed by atoms with van der Waals surface area (Å²) in [5.74, 6) is 1.56. The number of thioether (sulfide) groups is 1. The molecule has 1 aromatic rings. The molecule has 0 aliphatic carbocycles. The van der Waals surface area contributed by atoms with Gasteiger partial charge in [-0.3, -0.25) is 4.79 Å². The second kappa shape index (κ2) is 7.97. The Hall–Kier alpha value is -1.08. The number of piperidine rings is 1. The van der Waals surface area contributed by atoms with E-state index in [0.29, 0.717) is 28.8 Å². The number of amides is 1. The van der Waals surface area contributed by atoms with Crippen LogP contribution in [0.5, 0.6) is 0 Å². The molecule has 7 heteroatoms. The molecule has 2 heterocycles. The molecule has 22 heavy (non-hydrogen) atoms. The molecule has 0 bridgehead atoms. The van der Waals surface area contributed by atoms with Gasteiger partial charge >= 0.3 is 0 Å². The molecule has 1 fully saturated rings. The third-order valence-corrected chi connectivity index (χ3v) is 4.87. The minimum absolute atomic E-state index is 0.113. The van der Waals surface area contributed by atoms with Gasteiger partial charge in [0, 0.05) is 33.1 Å². The first-order valence-corrected chi connectivity index (χ1v) is 8.85. The van der Waals surface area contributed by atoms with E-state index in [1.165, 1.54) is 31.1 Å². The second-order valence-electron chi connectivity index (χ2n) is 6.25. The van der Waals surface area contributed by atoms with Gasteiger partial charge in [-0.1, -0.05) is 11.8 Å². The van der Waals surface area contributed by atoms with Crippen molar-refractivity contribution in [2.24, 2.45) is 5.92 Å². The van der Waals surface area contributed by atoms with E-state index < -0.39 is 0 Å². The Morgan fingerprint density at radius 3 is 2.91 bits per heavy atom. The molecule has 0 aromatic carbocycles. The number of aryl methyl sites for hydroxylation is 1. The van der Waals surface area contributed by atoms with Gasteiger partial charge in [0.05, 0.1) is 5.75 Å². The van der Waals surface area contributed by atoms with Gasteiger partial charge < -0.3 is 14.2 Å². The molecule has 1 atom stereocenters. The summed E-state index contributed by atoms with van der Waals surface area (Å²) in [5, 5.41) is 8.11. The van der Waals surface area contributed by atoms with E-state index in [1.54, 1.807) is 6.92 Å². The molecule has 124 valence electrons. The summed E-state index contributed by atoms with van der Waals surface area (Å²) in [4.78, 5) is 16.6. The van der Waals surface area contributed by atoms with Gasteiger partial charge in [0.1, 0.15) is 0 Å². The maximum atomic E-state index is 12.2. The largest absolute Gasteiger partial charge is 0.416 e. The average molecular weight is 326 g/mol. The van der Waals surface area contributed by atoms with E-state index >= 15 is 0 Å². The summed E-state index contributed by atoms with van der Waals surface area (Å²) in [5.41, 5.74) is 0. The van der Waals surface area contributed by atoms with Crippen molar-refractivity contribution in [3.05, 3.63) is 5.89 Å². The molecule has 2 rings (SSSR count). The van der Waals surface area contributed by atoms with E-state index in [2.05, 4.69) is 28.9 Å². The van der Waals surface area contributed by atoms with Crippen LogP contribution in [-0.4, -0.2) is 64.4 Å². The van der Waals surface area contributed by atoms with Crippen LogP contribution in [0, 0.1) is 12.8 Å². The van der Waals surface area contributed by atoms with Crippen molar-refractivity contribution in [1.29, 1.82) is 0 Å². The van der Waals surface area contributed by atoms with Crippen LogP contribution in [0.2, 0.25) is 0 Å². The van der Waals surface area contributed by atoms with Crippen molar-refractivity contribution < 1.29 is 9.21 Å². The predicted octanol–water partition coefficient (Wildman–Crippen LogP) is 2.05. The molecule has 1 aliphatic rings. The van der Waals surface area contributed by atoms with E-state index in [-0.39, 0.29) is 5.91 Å². The fourth-order valence-corrected chi connectivity index (χ4v) is 3.52. The first kappa shape index (κ1) is 17.3. The molecular formula is C15H26N4O2S. The van der Waals surface area contributed by atoms with Gasteiger partial charge in [-0.2, -0.15) is 0 Å². The third-order valence-electron chi connectivity index (χ3n) is 4.07. The Bertz CT molecular complexity index is 492. The lowest BCUT2D eigenvalue weighted by Crippen LogP contribution is -2.44. The summed E-state index contributed by atoms with van der Waals surface area (Å²) in [7, 11) is 1.89. The van der Waals surface area contributed by atoms with Crippen LogP contribution in [0.15, 0.2) is 9.64 Å². The molecular weight excluding hydrogens is 300 g/mol. The molecule has 0 radical (unpaired) electrons. The fourth-order valence-electron chi connectivity index (χ4n) is 2.77. The van der Waals surface area contributed by atoms with Crippen molar-refractivity contribution in [2.75, 3.05) is 32.4 Å². The third kappa shape index (κ3) is 4.98. The molecule has 0 saturated carbocycles. The molecule has 0 spiro atoms. The van der Waals surface area contributed by atoms with E-state index in [4.69, 9.17) is 4.42 Å². The normalized spacial score (nSPS) is 19.6. The van der Waals surface area contributed by atoms with Gasteiger partial charge in [0.25, 0.3) is 5.22 Å². The first-order chi connectivity index (χ1) is 10.5. The first-order valence-electron chi connectivity index (χ1n) is 7.86. The number of rotatable bonds is 6. The van der Waals surface area contributed by atoms with E-state index in [9.17, 15) is 4.79 Å². The predicted molar refractivity (Wildman–Crippen MR) is 86.8 cm³/mol. The van der Waals surface area contributed by atoms with Crippen LogP contribution in [0.4, 0.5) is 0 Å². The minimum atomic E-state index is 0.113. The zero-order valence-electron chi connectivity index (χ0n) is 13.9. The number of aromatic nitrogens is 2. The zero-order valence-corrected chi connectivity index (χ0v) is 14.7. The summed E-state index contributed by atoms with van der Waals surface area (Å²) in [6.07, 6.45) is 2.43. The Labute approximate surface area is 136 Å². The number of carbonyl (C=O) groups is 1. The molecule has 1 amide bonds. The van der Waals surface area contributed by atoms with Crippen molar-refractivity contribution in [3.8, 4) is 0 Å². The Morgan fingerprint density at radius 2 is 2.27 bits per heavy atom. The quantitative estimate of drug-likeness (QED) is 0.746. The number of carbonyl (C=O) groups excluding carboxylic acids is 1. The zero-order chi connectivity index (χ0) is 16.1. The SMILES string of the molecule is Cc1nnc(SCC(=O)N(C)CC2CCCN(C(C)C)C2)o1. The van der Waals surface area contributed by atoms with E-state index in [1.807, 2.05) is 11.9 Å². The van der Waals surface area contributed by atoms with Crippen LogP contribution in [0.25, 0.3) is 0 Å². The van der Waals surface area contributed by atoms with Gasteiger partial charge in [-0.25, -0.2) is 0 Å². The lowest BCUT2D eigenvalue weighted by atomic mass is 9.96. The van der Waals surface area contributed by atoms with Crippen LogP contribution in [0.1, 0.15) is 32.6 Å². The number of likely N-dealkylation sites (tertiary alicyclic amines) is 1. The monoisotopic (exact) mass is 326 g/mol. The molecule has 1 unspecified atom stereocenters. The summed E-state index contributed by atoms with van der Waals surface area (Å²) >= 11 is 1.30. The maximum Gasteiger partial charge on any atom is 0.277 e. The number of hydrogen-bond donors (Lipinski definition) is 0. The smallest absolute Gasteiger partial charge is 0.277 e. The topological polar surface area (TPSA) is 62.5 Å². The highest BCUT2D eigenvalue weighted by molar-refractivity contribution is 7.99. The lowest BCUT2D eigenvalue weighted by Gasteiger charge is -2.37. The molecule has 1 saturated heterocycles. The maximum absolute atomic E-state index is 12.2. The van der Waals surface area contributed by atoms with Crippen molar-refractivity contribution in [1.82, 2.24) is 20.0 Å². The van der Waals surface area contributed by atoms with Crippen LogP contribution < -0.4 is 0 Å².